The van der Waals surface area contributed by atoms with E-state index in [4.69, 9.17) is 19.9 Å². The normalized spacial score (nSPS) is 15.4. The lowest BCUT2D eigenvalue weighted by Crippen LogP contribution is -2.45. The summed E-state index contributed by atoms with van der Waals surface area (Å²) in [5.74, 6) is -1.57. The Bertz CT molecular complexity index is 999. The molecule has 0 aliphatic carbocycles. The number of rotatable bonds is 11. The first-order valence-corrected chi connectivity index (χ1v) is 11.1. The molecule has 0 atom stereocenters. The van der Waals surface area contributed by atoms with E-state index < -0.39 is 18.2 Å². The molecule has 0 spiro atoms. The number of methoxy groups -OCH3 is 2. The van der Waals surface area contributed by atoms with Crippen LogP contribution in [0.1, 0.15) is 5.56 Å². The molecule has 2 aromatic rings. The summed E-state index contributed by atoms with van der Waals surface area (Å²) in [5.41, 5.74) is 5.90. The van der Waals surface area contributed by atoms with E-state index in [9.17, 15) is 8.78 Å². The summed E-state index contributed by atoms with van der Waals surface area (Å²) in [6.07, 6.45) is 5.76. The number of nitrogens with one attached hydrogen (secondary N) is 1. The predicted octanol–water partition coefficient (Wildman–Crippen LogP) is 1.88. The monoisotopic (exact) mass is 491 g/mol. The Labute approximate surface area is 203 Å². The van der Waals surface area contributed by atoms with Crippen molar-refractivity contribution in [2.45, 2.75) is 6.61 Å². The number of piperazine rings is 1. The minimum Gasteiger partial charge on any atom is -0.494 e. The Balaban J connectivity index is 1.52. The number of hydrogen-bond acceptors (Lipinski definition) is 10. The van der Waals surface area contributed by atoms with Gasteiger partial charge in [0.15, 0.2) is 23.1 Å². The molecule has 0 unspecified atom stereocenters. The van der Waals surface area contributed by atoms with Gasteiger partial charge in [-0.1, -0.05) is 0 Å². The van der Waals surface area contributed by atoms with Crippen molar-refractivity contribution in [1.82, 2.24) is 19.8 Å². The third kappa shape index (κ3) is 7.23. The van der Waals surface area contributed by atoms with Crippen molar-refractivity contribution in [2.24, 2.45) is 10.7 Å². The average molecular weight is 492 g/mol. The van der Waals surface area contributed by atoms with E-state index in [0.717, 1.165) is 38.8 Å². The molecule has 0 amide bonds. The van der Waals surface area contributed by atoms with Gasteiger partial charge in [0.2, 0.25) is 5.88 Å². The van der Waals surface area contributed by atoms with Crippen LogP contribution in [-0.4, -0.2) is 86.5 Å². The largest absolute Gasteiger partial charge is 0.494 e. The Morgan fingerprint density at radius 1 is 1.11 bits per heavy atom. The second-order valence-electron chi connectivity index (χ2n) is 7.84. The topological polar surface area (TPSA) is 110 Å². The molecular weight excluding hydrogens is 460 g/mol. The van der Waals surface area contributed by atoms with Gasteiger partial charge in [-0.25, -0.2) is 18.7 Å². The molecule has 1 saturated heterocycles. The first kappa shape index (κ1) is 26.1. The van der Waals surface area contributed by atoms with Crippen molar-refractivity contribution in [1.29, 1.82) is 0 Å². The van der Waals surface area contributed by atoms with Crippen molar-refractivity contribution in [3.8, 4) is 17.4 Å². The lowest BCUT2D eigenvalue weighted by Gasteiger charge is -2.31. The Morgan fingerprint density at radius 3 is 2.37 bits per heavy atom. The van der Waals surface area contributed by atoms with Crippen LogP contribution in [0.2, 0.25) is 0 Å². The van der Waals surface area contributed by atoms with E-state index in [-0.39, 0.29) is 22.9 Å². The number of hydrogen-bond donors (Lipinski definition) is 2. The second kappa shape index (κ2) is 12.8. The summed E-state index contributed by atoms with van der Waals surface area (Å²) in [7, 11) is 4.68. The van der Waals surface area contributed by atoms with Crippen LogP contribution in [0, 0.1) is 11.6 Å². The minimum absolute atomic E-state index is 0.0789. The standard InChI is InChI=1S/C23H31F2N7O3/c1-31-6-8-32(9-7-31)5-4-27-12-16(11-26)30-20-13-29-21(14-28-20)35-15-17-22(24)18(33-2)10-19(34-3)23(17)25/h10-14H,4-9,15,26H2,1-3H3,(H,28,30)/b16-11+,27-12?. The number of likely N-dealkylation sites (N-methyl/N-ethyl adjacent to an activating group) is 1. The highest BCUT2D eigenvalue weighted by molar-refractivity contribution is 5.82. The molecule has 3 N–H and O–H groups in total. The van der Waals surface area contributed by atoms with Gasteiger partial charge in [-0.3, -0.25) is 9.89 Å². The number of anilines is 1. The van der Waals surface area contributed by atoms with Crippen LogP contribution >= 0.6 is 0 Å². The summed E-state index contributed by atoms with van der Waals surface area (Å²) >= 11 is 0. The molecule has 1 aliphatic heterocycles. The summed E-state index contributed by atoms with van der Waals surface area (Å²) < 4.78 is 44.2. The average Bonchev–Trinajstić information content (AvgIpc) is 2.88. The molecule has 3 rings (SSSR count). The van der Waals surface area contributed by atoms with Crippen LogP contribution in [0.15, 0.2) is 35.3 Å². The molecule has 0 radical (unpaired) electrons. The van der Waals surface area contributed by atoms with Crippen molar-refractivity contribution in [3.63, 3.8) is 0 Å². The Morgan fingerprint density at radius 2 is 1.80 bits per heavy atom. The third-order valence-corrected chi connectivity index (χ3v) is 5.48. The third-order valence-electron chi connectivity index (χ3n) is 5.48. The number of halogens is 2. The maximum Gasteiger partial charge on any atom is 0.232 e. The number of ether oxygens (including phenoxy) is 3. The van der Waals surface area contributed by atoms with Crippen molar-refractivity contribution >= 4 is 12.0 Å². The van der Waals surface area contributed by atoms with E-state index >= 15 is 0 Å². The van der Waals surface area contributed by atoms with Gasteiger partial charge in [-0.15, -0.1) is 0 Å². The highest BCUT2D eigenvalue weighted by Gasteiger charge is 2.20. The van der Waals surface area contributed by atoms with E-state index in [2.05, 4.69) is 37.1 Å². The zero-order valence-corrected chi connectivity index (χ0v) is 20.1. The maximum atomic E-state index is 14.5. The van der Waals surface area contributed by atoms with Gasteiger partial charge in [0.25, 0.3) is 0 Å². The first-order valence-electron chi connectivity index (χ1n) is 11.1. The van der Waals surface area contributed by atoms with Gasteiger partial charge < -0.3 is 30.2 Å². The smallest absolute Gasteiger partial charge is 0.232 e. The summed E-state index contributed by atoms with van der Waals surface area (Å²) in [5, 5.41) is 3.01. The SMILES string of the molecule is COc1cc(OC)c(F)c(COc2cnc(N/C(C=NCCN3CCN(C)CC3)=C/N)cn2)c1F. The number of aliphatic imine (C=N–C) groups is 1. The molecule has 0 saturated carbocycles. The van der Waals surface area contributed by atoms with E-state index in [1.165, 1.54) is 32.8 Å². The van der Waals surface area contributed by atoms with Gasteiger partial charge in [-0.2, -0.15) is 0 Å². The maximum absolute atomic E-state index is 14.5. The van der Waals surface area contributed by atoms with Gasteiger partial charge in [0, 0.05) is 51.2 Å². The number of aromatic nitrogens is 2. The van der Waals surface area contributed by atoms with Gasteiger partial charge in [0.1, 0.15) is 12.4 Å². The highest BCUT2D eigenvalue weighted by atomic mass is 19.1. The van der Waals surface area contributed by atoms with Gasteiger partial charge >= 0.3 is 0 Å². The molecule has 35 heavy (non-hydrogen) atoms. The lowest BCUT2D eigenvalue weighted by molar-refractivity contribution is 0.157. The fourth-order valence-corrected chi connectivity index (χ4v) is 3.36. The Kier molecular flexibility index (Phi) is 9.56. The second-order valence-corrected chi connectivity index (χ2v) is 7.84. The van der Waals surface area contributed by atoms with Crippen LogP contribution in [-0.2, 0) is 6.61 Å². The Hall–Kier alpha value is -3.51. The number of nitrogens with two attached hydrogens (primary N) is 1. The highest BCUT2D eigenvalue weighted by Crippen LogP contribution is 2.31. The summed E-state index contributed by atoms with van der Waals surface area (Å²) in [6, 6.07) is 1.13. The molecule has 0 bridgehead atoms. The molecular formula is C23H31F2N7O3. The van der Waals surface area contributed by atoms with Gasteiger partial charge in [0.05, 0.1) is 44.4 Å². The van der Waals surface area contributed by atoms with Crippen molar-refractivity contribution < 1.29 is 23.0 Å². The molecule has 1 aromatic heterocycles. The lowest BCUT2D eigenvalue weighted by atomic mass is 10.1. The van der Waals surface area contributed by atoms with E-state index in [1.807, 2.05) is 0 Å². The number of nitrogens with zero attached hydrogens (tertiary/aromatic N) is 5. The number of allylic oxidation sites excluding steroid dienone is 1. The molecule has 1 fully saturated rings. The van der Waals surface area contributed by atoms with Crippen LogP contribution in [0.5, 0.6) is 17.4 Å². The predicted molar refractivity (Wildman–Crippen MR) is 129 cm³/mol. The van der Waals surface area contributed by atoms with Gasteiger partial charge in [-0.05, 0) is 7.05 Å². The molecule has 10 nitrogen and oxygen atoms in total. The van der Waals surface area contributed by atoms with Crippen molar-refractivity contribution in [2.75, 3.05) is 65.9 Å². The van der Waals surface area contributed by atoms with E-state index in [0.29, 0.717) is 18.1 Å². The first-order chi connectivity index (χ1) is 16.9. The van der Waals surface area contributed by atoms with Crippen molar-refractivity contribution in [3.05, 3.63) is 47.6 Å². The molecule has 190 valence electrons. The quantitative estimate of drug-likeness (QED) is 0.455. The summed E-state index contributed by atoms with van der Waals surface area (Å²) in [6.45, 7) is 5.32. The number of benzene rings is 1. The zero-order valence-electron chi connectivity index (χ0n) is 20.1. The molecule has 1 aromatic carbocycles. The van der Waals surface area contributed by atoms with Crippen LogP contribution in [0.4, 0.5) is 14.6 Å². The van der Waals surface area contributed by atoms with Crippen LogP contribution in [0.3, 0.4) is 0 Å². The molecule has 2 heterocycles. The summed E-state index contributed by atoms with van der Waals surface area (Å²) in [4.78, 5) is 17.4. The fraction of sp³-hybridized carbons (Fsp3) is 0.435. The molecule has 1 aliphatic rings. The van der Waals surface area contributed by atoms with Crippen LogP contribution < -0.4 is 25.3 Å². The van der Waals surface area contributed by atoms with E-state index in [1.54, 1.807) is 6.21 Å². The fourth-order valence-electron chi connectivity index (χ4n) is 3.36. The minimum atomic E-state index is -0.873. The molecule has 12 heteroatoms. The zero-order chi connectivity index (χ0) is 25.2. The van der Waals surface area contributed by atoms with Crippen LogP contribution in [0.25, 0.3) is 0 Å².